The molecule has 0 radical (unpaired) electrons. The molecular weight excluding hydrogens is 300 g/mol. The highest BCUT2D eigenvalue weighted by Crippen LogP contribution is 2.12. The Morgan fingerprint density at radius 3 is 3.09 bits per heavy atom. The van der Waals surface area contributed by atoms with E-state index in [0.29, 0.717) is 19.0 Å². The van der Waals surface area contributed by atoms with Crippen LogP contribution in [0.1, 0.15) is 26.2 Å². The van der Waals surface area contributed by atoms with Crippen molar-refractivity contribution < 1.29 is 19.2 Å². The van der Waals surface area contributed by atoms with E-state index < -0.39 is 0 Å². The number of ether oxygens (including phenoxy) is 1. The van der Waals surface area contributed by atoms with Gasteiger partial charge in [0.05, 0.1) is 12.2 Å². The van der Waals surface area contributed by atoms with Gasteiger partial charge in [-0.05, 0) is 25.8 Å². The third-order valence-electron chi connectivity index (χ3n) is 3.25. The number of aliphatic imine (C=N–C) groups is 1. The molecule has 0 aliphatic carbocycles. The Hall–Kier alpha value is -2.19. The minimum absolute atomic E-state index is 0.365. The summed E-state index contributed by atoms with van der Waals surface area (Å²) in [5, 5.41) is 6.05. The van der Waals surface area contributed by atoms with Crippen LogP contribution in [0.15, 0.2) is 29.0 Å². The number of hydrogen-bond donors (Lipinski definition) is 3. The Bertz CT molecular complexity index is 510. The van der Waals surface area contributed by atoms with Crippen LogP contribution in [0.5, 0.6) is 0 Å². The Morgan fingerprint density at radius 2 is 2.43 bits per heavy atom. The van der Waals surface area contributed by atoms with Crippen LogP contribution in [0, 0.1) is 0 Å². The van der Waals surface area contributed by atoms with Crippen LogP contribution >= 0.6 is 0 Å². The fraction of sp³-hybridized carbons (Fsp3) is 0.533. The van der Waals surface area contributed by atoms with Crippen LogP contribution in [0.2, 0.25) is 0 Å². The molecule has 3 N–H and O–H groups in total. The minimum Gasteiger partial charge on any atom is -0.377 e. The molecule has 126 valence electrons. The Balaban J connectivity index is 1.73. The summed E-state index contributed by atoms with van der Waals surface area (Å²) in [6.07, 6.45) is 7.90. The van der Waals surface area contributed by atoms with Gasteiger partial charge in [0.25, 0.3) is 5.91 Å². The number of nitrogens with zero attached hydrogens (tertiary/aromatic N) is 1. The van der Waals surface area contributed by atoms with Gasteiger partial charge in [0.1, 0.15) is 18.2 Å². The van der Waals surface area contributed by atoms with E-state index in [-0.39, 0.29) is 18.2 Å². The predicted octanol–water partition coefficient (Wildman–Crippen LogP) is 0.137. The summed E-state index contributed by atoms with van der Waals surface area (Å²) >= 11 is 0. The van der Waals surface area contributed by atoms with E-state index in [1.165, 1.54) is 6.08 Å². The highest BCUT2D eigenvalue weighted by molar-refractivity contribution is 5.89. The van der Waals surface area contributed by atoms with Gasteiger partial charge in [-0.1, -0.05) is 0 Å². The monoisotopic (exact) mass is 322 g/mol. The average Bonchev–Trinajstić information content (AvgIpc) is 2.60. The van der Waals surface area contributed by atoms with Crippen LogP contribution in [-0.2, 0) is 19.2 Å². The summed E-state index contributed by atoms with van der Waals surface area (Å²) in [5.41, 5.74) is 3.07. The number of nitrogens with one attached hydrogen (secondary N) is 3. The third-order valence-corrected chi connectivity index (χ3v) is 3.25. The van der Waals surface area contributed by atoms with Crippen molar-refractivity contribution in [3.05, 3.63) is 24.0 Å². The average molecular weight is 322 g/mol. The van der Waals surface area contributed by atoms with Crippen molar-refractivity contribution in [2.45, 2.75) is 38.5 Å². The lowest BCUT2D eigenvalue weighted by atomic mass is 10.2. The Kier molecular flexibility index (Phi) is 6.76. The Morgan fingerprint density at radius 1 is 1.57 bits per heavy atom. The molecule has 0 aromatic rings. The zero-order valence-corrected chi connectivity index (χ0v) is 13.1. The molecule has 0 aromatic carbocycles. The molecular formula is C15H22N4O4. The first-order valence-corrected chi connectivity index (χ1v) is 7.65. The summed E-state index contributed by atoms with van der Waals surface area (Å²) in [7, 11) is 0. The van der Waals surface area contributed by atoms with Crippen molar-refractivity contribution in [3.63, 3.8) is 0 Å². The first-order valence-electron chi connectivity index (χ1n) is 7.65. The fourth-order valence-corrected chi connectivity index (χ4v) is 2.04. The van der Waals surface area contributed by atoms with Crippen LogP contribution in [-0.4, -0.2) is 43.5 Å². The van der Waals surface area contributed by atoms with Crippen LogP contribution < -0.4 is 16.1 Å². The minimum atomic E-state index is -0.380. The van der Waals surface area contributed by atoms with E-state index in [4.69, 9.17) is 9.57 Å². The third kappa shape index (κ3) is 6.21. The number of allylic oxidation sites excluding steroid dienone is 1. The Labute approximate surface area is 135 Å². The lowest BCUT2D eigenvalue weighted by molar-refractivity contribution is -0.198. The summed E-state index contributed by atoms with van der Waals surface area (Å²) < 4.78 is 5.34. The van der Waals surface area contributed by atoms with Crippen LogP contribution in [0.3, 0.4) is 0 Å². The number of hydroxylamine groups is 1. The van der Waals surface area contributed by atoms with Gasteiger partial charge in [0, 0.05) is 25.3 Å². The molecule has 2 aliphatic rings. The molecule has 0 spiro atoms. The second kappa shape index (κ2) is 9.06. The van der Waals surface area contributed by atoms with Crippen molar-refractivity contribution in [1.29, 1.82) is 0 Å². The first kappa shape index (κ1) is 17.2. The standard InChI is InChI=1S/C15H22N4O4/c1-11(10-20)18-13-9-16-12(8-17-13)5-6-14(21)19-23-15-4-2-3-7-22-15/h5-6,8,10-11,15-16H,2-4,7,9H2,1H3,(H,17,18)(H,19,21)/b6-5+. The summed E-state index contributed by atoms with van der Waals surface area (Å²) in [5.74, 6) is 0.305. The van der Waals surface area contributed by atoms with Crippen LogP contribution in [0.4, 0.5) is 0 Å². The highest BCUT2D eigenvalue weighted by Gasteiger charge is 2.15. The highest BCUT2D eigenvalue weighted by atomic mass is 16.8. The number of rotatable bonds is 6. The molecule has 2 aliphatic heterocycles. The zero-order chi connectivity index (χ0) is 16.5. The molecule has 2 atom stereocenters. The molecule has 0 aromatic heterocycles. The van der Waals surface area contributed by atoms with E-state index >= 15 is 0 Å². The summed E-state index contributed by atoms with van der Waals surface area (Å²) in [4.78, 5) is 31.5. The molecule has 2 heterocycles. The lowest BCUT2D eigenvalue weighted by Gasteiger charge is -2.21. The normalized spacial score (nSPS) is 24.5. The zero-order valence-electron chi connectivity index (χ0n) is 13.1. The first-order chi connectivity index (χ1) is 11.2. The largest absolute Gasteiger partial charge is 0.377 e. The molecule has 2 unspecified atom stereocenters. The van der Waals surface area contributed by atoms with Gasteiger partial charge in [0.15, 0.2) is 6.29 Å². The quantitative estimate of drug-likeness (QED) is 0.365. The smallest absolute Gasteiger partial charge is 0.267 e. The van der Waals surface area contributed by atoms with Gasteiger partial charge in [0.2, 0.25) is 0 Å². The second-order valence-electron chi connectivity index (χ2n) is 5.26. The number of aldehydes is 1. The van der Waals surface area contributed by atoms with Gasteiger partial charge < -0.3 is 20.2 Å². The lowest BCUT2D eigenvalue weighted by Crippen LogP contribution is -2.37. The molecule has 23 heavy (non-hydrogen) atoms. The number of carbonyl (C=O) groups excluding carboxylic acids is 2. The maximum atomic E-state index is 11.7. The van der Waals surface area contributed by atoms with E-state index in [9.17, 15) is 9.59 Å². The molecule has 8 heteroatoms. The van der Waals surface area contributed by atoms with Crippen LogP contribution in [0.25, 0.3) is 0 Å². The van der Waals surface area contributed by atoms with Gasteiger partial charge >= 0.3 is 0 Å². The van der Waals surface area contributed by atoms with Crippen molar-refractivity contribution in [1.82, 2.24) is 16.1 Å². The fourth-order valence-electron chi connectivity index (χ4n) is 2.04. The van der Waals surface area contributed by atoms with Gasteiger partial charge in [-0.2, -0.15) is 0 Å². The maximum Gasteiger partial charge on any atom is 0.267 e. The number of amides is 1. The predicted molar refractivity (Wildman–Crippen MR) is 84.1 cm³/mol. The van der Waals surface area contributed by atoms with Crippen molar-refractivity contribution in [2.75, 3.05) is 13.2 Å². The van der Waals surface area contributed by atoms with Gasteiger partial charge in [-0.3, -0.25) is 9.79 Å². The second-order valence-corrected chi connectivity index (χ2v) is 5.26. The molecule has 1 amide bonds. The number of hydrogen-bond acceptors (Lipinski definition) is 6. The van der Waals surface area contributed by atoms with E-state index in [1.54, 1.807) is 19.2 Å². The van der Waals surface area contributed by atoms with Gasteiger partial charge in [-0.15, -0.1) is 0 Å². The number of amidine groups is 1. The number of carbonyl (C=O) groups is 2. The summed E-state index contributed by atoms with van der Waals surface area (Å²) in [6, 6.07) is -0.380. The van der Waals surface area contributed by atoms with Crippen molar-refractivity contribution in [3.8, 4) is 0 Å². The molecule has 2 rings (SSSR count). The maximum absolute atomic E-state index is 11.7. The molecule has 1 saturated heterocycles. The molecule has 0 bridgehead atoms. The molecule has 8 nitrogen and oxygen atoms in total. The topological polar surface area (TPSA) is 101 Å². The van der Waals surface area contributed by atoms with E-state index in [1.807, 2.05) is 0 Å². The molecule has 1 fully saturated rings. The molecule has 0 saturated carbocycles. The van der Waals surface area contributed by atoms with E-state index in [0.717, 1.165) is 31.2 Å². The summed E-state index contributed by atoms with van der Waals surface area (Å²) in [6.45, 7) is 2.83. The van der Waals surface area contributed by atoms with Gasteiger partial charge in [-0.25, -0.2) is 10.3 Å². The SMILES string of the molecule is CC(C=O)N=C1CNC(/C=C/C(=O)NOC2CCCCO2)=CN1. The van der Waals surface area contributed by atoms with Crippen molar-refractivity contribution in [2.24, 2.45) is 4.99 Å². The van der Waals surface area contributed by atoms with Crippen molar-refractivity contribution >= 4 is 18.0 Å². The van der Waals surface area contributed by atoms with E-state index in [2.05, 4.69) is 21.1 Å².